The summed E-state index contributed by atoms with van der Waals surface area (Å²) in [7, 11) is 0. The number of rotatable bonds is 5. The fraction of sp³-hybridized carbons (Fsp3) is 0.462. The molecule has 0 saturated heterocycles. The Balaban J connectivity index is 1.50. The first-order valence-electron chi connectivity index (χ1n) is 17.6. The van der Waals surface area contributed by atoms with Gasteiger partial charge in [0.05, 0.1) is 41.5 Å². The van der Waals surface area contributed by atoms with Gasteiger partial charge in [-0.1, -0.05) is 0 Å². The van der Waals surface area contributed by atoms with Gasteiger partial charge in [-0.3, -0.25) is 0 Å². The molecule has 0 atom stereocenters. The van der Waals surface area contributed by atoms with E-state index in [0.29, 0.717) is 11.1 Å². The van der Waals surface area contributed by atoms with Crippen LogP contribution in [0.3, 0.4) is 0 Å². The minimum atomic E-state index is -0.879. The van der Waals surface area contributed by atoms with Crippen LogP contribution in [-0.2, 0) is 0 Å². The highest BCUT2D eigenvalue weighted by Gasteiger charge is 2.53. The minimum absolute atomic E-state index is 0.0887. The lowest BCUT2D eigenvalue weighted by molar-refractivity contribution is 0.0677. The van der Waals surface area contributed by atoms with Crippen LogP contribution in [0.1, 0.15) is 120 Å². The smallest absolute Gasteiger partial charge is 0.338 e. The molecule has 4 nitrogen and oxygen atoms in total. The summed E-state index contributed by atoms with van der Waals surface area (Å²) in [6, 6.07) is 2.41. The van der Waals surface area contributed by atoms with Gasteiger partial charge in [0, 0.05) is 58.7 Å². The highest BCUT2D eigenvalue weighted by atomic mass is 32.2. The second-order valence-corrected chi connectivity index (χ2v) is 37.9. The van der Waals surface area contributed by atoms with Crippen LogP contribution in [0, 0.1) is 5.92 Å². The van der Waals surface area contributed by atoms with Crippen molar-refractivity contribution in [1.82, 2.24) is 0 Å². The molecule has 6 aliphatic rings. The first-order chi connectivity index (χ1) is 25.3. The molecule has 9 rings (SSSR count). The average Bonchev–Trinajstić information content (AvgIpc) is 3.80. The Labute approximate surface area is 375 Å². The summed E-state index contributed by atoms with van der Waals surface area (Å²) >= 11 is 21.6. The van der Waals surface area contributed by atoms with Crippen molar-refractivity contribution in [3.63, 3.8) is 0 Å². The van der Waals surface area contributed by atoms with E-state index in [1.165, 1.54) is 25.1 Å². The average molecular weight is 957 g/mol. The van der Waals surface area contributed by atoms with Crippen LogP contribution in [0.4, 0.5) is 0 Å². The van der Waals surface area contributed by atoms with E-state index in [1.807, 2.05) is 47.0 Å². The Morgan fingerprint density at radius 3 is 0.800 bits per heavy atom. The van der Waals surface area contributed by atoms with Gasteiger partial charge >= 0.3 is 11.9 Å². The van der Waals surface area contributed by atoms with Crippen molar-refractivity contribution in [3.05, 3.63) is 39.8 Å². The molecule has 0 saturated carbocycles. The molecule has 0 fully saturated rings. The Bertz CT molecular complexity index is 2080. The monoisotopic (exact) mass is 955 g/mol. The molecule has 0 bridgehead atoms. The number of hydrogen-bond donors (Lipinski definition) is 2. The molecule has 16 heteroatoms. The number of carboxylic acids is 2. The first kappa shape index (κ1) is 41.2. The maximum atomic E-state index is 13.4. The second-order valence-electron chi connectivity index (χ2n) is 16.6. The molecule has 55 heavy (non-hydrogen) atoms. The number of aromatic carboxylic acids is 2. The Hall–Kier alpha value is 0.800. The third kappa shape index (κ3) is 6.90. The van der Waals surface area contributed by atoms with Crippen molar-refractivity contribution >= 4 is 153 Å². The molecule has 6 heterocycles. The van der Waals surface area contributed by atoms with E-state index in [1.54, 1.807) is 94.1 Å². The number of thioether (sulfide) groups is 12. The van der Waals surface area contributed by atoms with Gasteiger partial charge in [-0.2, -0.15) is 0 Å². The molecule has 2 N–H and O–H groups in total. The maximum Gasteiger partial charge on any atom is 0.338 e. The summed E-state index contributed by atoms with van der Waals surface area (Å²) in [5, 5.41) is 22.0. The molecule has 1 radical (unpaired) electrons. The molecule has 0 spiro atoms. The summed E-state index contributed by atoms with van der Waals surface area (Å²) in [5.74, 6) is -0.612. The number of fused-ring (bicyclic) bond motifs is 6. The molecule has 0 aliphatic carbocycles. The number of hydrogen-bond acceptors (Lipinski definition) is 14. The molecule has 0 unspecified atom stereocenters. The van der Waals surface area contributed by atoms with Crippen LogP contribution in [0.25, 0.3) is 0 Å². The SMILES string of the molecule is CC1(C)Sc2cc3c(c([C](c4c5c(c(C(=O)O)c6c4SC(C)(C)S6)SC(C)(C)S5)c4c5c(c(C(=O)O)c6c4SC(C)(C)S6)SC(C)(C)S5)c2S1)SC(C)(C)S3. The lowest BCUT2D eigenvalue weighted by atomic mass is 9.83. The molecular formula is C39H39O4S12. The quantitative estimate of drug-likeness (QED) is 0.238. The van der Waals surface area contributed by atoms with Gasteiger partial charge in [0.15, 0.2) is 0 Å². The predicted molar refractivity (Wildman–Crippen MR) is 249 cm³/mol. The standard InChI is InChI=1S/C39H39O4S12/c1-34(2)44-14-13-15-23(47-35(3,4)45-15)17(22(14)46-34)16(18-24-28(52-36(5,6)48-24)20(32(40)41)29-25(18)49-37(7,8)53-29)19-26-30(54-38(9,10)50-26)21(33(42)43)31-27(19)51-39(11,12)55-31/h13H,1-12H3,(H,40,41)(H,42,43). The third-order valence-corrected chi connectivity index (χ3v) is 26.1. The topological polar surface area (TPSA) is 74.6 Å². The Morgan fingerprint density at radius 1 is 0.345 bits per heavy atom. The summed E-state index contributed by atoms with van der Waals surface area (Å²) in [6.45, 7) is 26.9. The summed E-state index contributed by atoms with van der Waals surface area (Å²) < 4.78 is -1.33. The van der Waals surface area contributed by atoms with E-state index < -0.39 is 11.9 Å². The molecule has 0 aromatic heterocycles. The molecule has 3 aromatic rings. The zero-order valence-corrected chi connectivity index (χ0v) is 42.0. The van der Waals surface area contributed by atoms with Gasteiger partial charge in [-0.05, 0) is 106 Å². The molecular weight excluding hydrogens is 917 g/mol. The second kappa shape index (κ2) is 13.2. The highest BCUT2D eigenvalue weighted by Crippen LogP contribution is 2.74. The van der Waals surface area contributed by atoms with Crippen molar-refractivity contribution in [1.29, 1.82) is 0 Å². The Kier molecular flexibility index (Phi) is 9.85. The van der Waals surface area contributed by atoms with Gasteiger partial charge in [0.2, 0.25) is 0 Å². The summed E-state index contributed by atoms with van der Waals surface area (Å²) in [4.78, 5) is 39.6. The number of benzene rings is 3. The van der Waals surface area contributed by atoms with Gasteiger partial charge in [-0.25, -0.2) is 9.59 Å². The van der Waals surface area contributed by atoms with E-state index in [0.717, 1.165) is 56.2 Å². The van der Waals surface area contributed by atoms with Crippen LogP contribution in [0.5, 0.6) is 0 Å². The van der Waals surface area contributed by atoms with Crippen LogP contribution >= 0.6 is 141 Å². The van der Waals surface area contributed by atoms with E-state index in [4.69, 9.17) is 0 Å². The van der Waals surface area contributed by atoms with E-state index in [9.17, 15) is 19.8 Å². The predicted octanol–water partition coefficient (Wildman–Crippen LogP) is 15.7. The van der Waals surface area contributed by atoms with Crippen molar-refractivity contribution < 1.29 is 19.8 Å². The van der Waals surface area contributed by atoms with E-state index in [-0.39, 0.29) is 24.5 Å². The zero-order valence-electron chi connectivity index (χ0n) is 32.2. The molecule has 3 aromatic carbocycles. The third-order valence-electron chi connectivity index (χ3n) is 9.17. The largest absolute Gasteiger partial charge is 0.478 e. The minimum Gasteiger partial charge on any atom is -0.478 e. The van der Waals surface area contributed by atoms with Crippen molar-refractivity contribution in [2.75, 3.05) is 0 Å². The lowest BCUT2D eigenvalue weighted by Crippen LogP contribution is -2.16. The van der Waals surface area contributed by atoms with Crippen molar-refractivity contribution in [2.24, 2.45) is 0 Å². The normalized spacial score (nSPS) is 23.4. The van der Waals surface area contributed by atoms with E-state index in [2.05, 4.69) is 89.2 Å². The summed E-state index contributed by atoms with van der Waals surface area (Å²) in [6.07, 6.45) is 0. The zero-order chi connectivity index (χ0) is 39.7. The van der Waals surface area contributed by atoms with E-state index >= 15 is 0 Å². The van der Waals surface area contributed by atoms with Gasteiger partial charge in [0.25, 0.3) is 0 Å². The van der Waals surface area contributed by atoms with Crippen LogP contribution in [0.2, 0.25) is 0 Å². The maximum absolute atomic E-state index is 13.4. The summed E-state index contributed by atoms with van der Waals surface area (Å²) in [5.41, 5.74) is 4.33. The first-order valence-corrected chi connectivity index (χ1v) is 27.4. The number of carbonyl (C=O) groups is 2. The molecule has 291 valence electrons. The van der Waals surface area contributed by atoms with Crippen LogP contribution in [0.15, 0.2) is 64.8 Å². The number of carboxylic acid groups (broad SMARTS) is 2. The fourth-order valence-corrected chi connectivity index (χ4v) is 25.1. The van der Waals surface area contributed by atoms with Crippen LogP contribution < -0.4 is 0 Å². The Morgan fingerprint density at radius 2 is 0.545 bits per heavy atom. The van der Waals surface area contributed by atoms with Gasteiger partial charge < -0.3 is 10.2 Å². The van der Waals surface area contributed by atoms with Gasteiger partial charge in [-0.15, -0.1) is 141 Å². The van der Waals surface area contributed by atoms with Crippen molar-refractivity contribution in [3.8, 4) is 0 Å². The van der Waals surface area contributed by atoms with Crippen molar-refractivity contribution in [2.45, 2.75) is 166 Å². The highest BCUT2D eigenvalue weighted by molar-refractivity contribution is 8.23. The lowest BCUT2D eigenvalue weighted by Gasteiger charge is -2.31. The van der Waals surface area contributed by atoms with Crippen LogP contribution in [-0.4, -0.2) is 46.6 Å². The molecule has 0 amide bonds. The van der Waals surface area contributed by atoms with Gasteiger partial charge in [0.1, 0.15) is 0 Å². The molecule has 6 aliphatic heterocycles. The fourth-order valence-electron chi connectivity index (χ4n) is 7.61.